The Morgan fingerprint density at radius 2 is 1.92 bits per heavy atom. The smallest absolute Gasteiger partial charge is 0.338 e. The van der Waals surface area contributed by atoms with Gasteiger partial charge in [-0.25, -0.2) is 4.79 Å². The Morgan fingerprint density at radius 3 is 2.62 bits per heavy atom. The Labute approximate surface area is 151 Å². The largest absolute Gasteiger partial charge is 0.452 e. The van der Waals surface area contributed by atoms with Crippen molar-refractivity contribution in [2.24, 2.45) is 5.92 Å². The molecule has 0 radical (unpaired) electrons. The number of carbonyl (C=O) groups excluding carboxylic acids is 4. The predicted octanol–water partition coefficient (Wildman–Crippen LogP) is 1.76. The lowest BCUT2D eigenvalue weighted by Gasteiger charge is -2.30. The summed E-state index contributed by atoms with van der Waals surface area (Å²) in [5.74, 6) is -0.962. The highest BCUT2D eigenvalue weighted by Crippen LogP contribution is 2.23. The molecular formula is C19H22N2O5. The number of likely N-dealkylation sites (tertiary alicyclic amines) is 1. The summed E-state index contributed by atoms with van der Waals surface area (Å²) in [4.78, 5) is 50.9. The SMILES string of the molecule is C[C@@H]1CCCN(C(=O)COC(=O)c2cccc(N3C(=O)CCC3=O)c2)C1. The molecule has 1 atom stereocenters. The molecule has 1 aromatic rings. The molecule has 0 bridgehead atoms. The lowest BCUT2D eigenvalue weighted by molar-refractivity contribution is -0.136. The molecule has 138 valence electrons. The van der Waals surface area contributed by atoms with E-state index in [1.165, 1.54) is 12.1 Å². The zero-order valence-electron chi connectivity index (χ0n) is 14.8. The Kier molecular flexibility index (Phi) is 5.35. The van der Waals surface area contributed by atoms with Crippen molar-refractivity contribution in [2.75, 3.05) is 24.6 Å². The maximum Gasteiger partial charge on any atom is 0.338 e. The van der Waals surface area contributed by atoms with E-state index in [2.05, 4.69) is 6.92 Å². The number of imide groups is 1. The monoisotopic (exact) mass is 358 g/mol. The van der Waals surface area contributed by atoms with Crippen LogP contribution in [0.15, 0.2) is 24.3 Å². The first-order valence-electron chi connectivity index (χ1n) is 8.86. The van der Waals surface area contributed by atoms with Gasteiger partial charge in [-0.2, -0.15) is 0 Å². The van der Waals surface area contributed by atoms with Crippen LogP contribution in [0.4, 0.5) is 5.69 Å². The molecule has 2 aliphatic rings. The molecule has 0 aromatic heterocycles. The second kappa shape index (κ2) is 7.68. The van der Waals surface area contributed by atoms with Gasteiger partial charge >= 0.3 is 5.97 Å². The summed E-state index contributed by atoms with van der Waals surface area (Å²) < 4.78 is 5.13. The Bertz CT molecular complexity index is 729. The van der Waals surface area contributed by atoms with Gasteiger partial charge in [0.15, 0.2) is 6.61 Å². The third kappa shape index (κ3) is 3.92. The fourth-order valence-corrected chi connectivity index (χ4v) is 3.35. The number of piperidine rings is 1. The average molecular weight is 358 g/mol. The normalized spacial score (nSPS) is 20.4. The highest BCUT2D eigenvalue weighted by Gasteiger charge is 2.30. The van der Waals surface area contributed by atoms with Gasteiger partial charge in [-0.3, -0.25) is 19.3 Å². The van der Waals surface area contributed by atoms with Crippen LogP contribution in [0.5, 0.6) is 0 Å². The number of nitrogens with zero attached hydrogens (tertiary/aromatic N) is 2. The van der Waals surface area contributed by atoms with Crippen LogP contribution < -0.4 is 4.90 Å². The maximum absolute atomic E-state index is 12.2. The molecule has 2 aliphatic heterocycles. The van der Waals surface area contributed by atoms with Gasteiger partial charge in [0, 0.05) is 25.9 Å². The summed E-state index contributed by atoms with van der Waals surface area (Å²) in [5, 5.41) is 0. The summed E-state index contributed by atoms with van der Waals surface area (Å²) in [6, 6.07) is 6.15. The summed E-state index contributed by atoms with van der Waals surface area (Å²) in [6.07, 6.45) is 2.41. The van der Waals surface area contributed by atoms with Gasteiger partial charge in [-0.1, -0.05) is 13.0 Å². The molecular weight excluding hydrogens is 336 g/mol. The lowest BCUT2D eigenvalue weighted by atomic mass is 10.0. The van der Waals surface area contributed by atoms with E-state index in [0.717, 1.165) is 17.7 Å². The summed E-state index contributed by atoms with van der Waals surface area (Å²) in [7, 11) is 0. The molecule has 0 saturated carbocycles. The van der Waals surface area contributed by atoms with Crippen molar-refractivity contribution in [3.8, 4) is 0 Å². The average Bonchev–Trinajstić information content (AvgIpc) is 2.98. The number of esters is 1. The first-order chi connectivity index (χ1) is 12.5. The number of anilines is 1. The third-order valence-corrected chi connectivity index (χ3v) is 4.73. The van der Waals surface area contributed by atoms with Crippen LogP contribution in [0.3, 0.4) is 0 Å². The quantitative estimate of drug-likeness (QED) is 0.605. The first-order valence-corrected chi connectivity index (χ1v) is 8.86. The van der Waals surface area contributed by atoms with Gasteiger partial charge in [0.1, 0.15) is 0 Å². The van der Waals surface area contributed by atoms with E-state index < -0.39 is 5.97 Å². The molecule has 3 amide bonds. The van der Waals surface area contributed by atoms with Crippen LogP contribution in [0.25, 0.3) is 0 Å². The first kappa shape index (κ1) is 18.1. The molecule has 0 aliphatic carbocycles. The molecule has 0 unspecified atom stereocenters. The number of hydrogen-bond acceptors (Lipinski definition) is 5. The van der Waals surface area contributed by atoms with E-state index >= 15 is 0 Å². The highest BCUT2D eigenvalue weighted by atomic mass is 16.5. The minimum absolute atomic E-state index is 0.177. The van der Waals surface area contributed by atoms with Crippen LogP contribution >= 0.6 is 0 Å². The molecule has 1 aromatic carbocycles. The summed E-state index contributed by atoms with van der Waals surface area (Å²) in [6.45, 7) is 3.16. The van der Waals surface area contributed by atoms with Crippen LogP contribution in [-0.2, 0) is 19.1 Å². The number of hydrogen-bond donors (Lipinski definition) is 0. The van der Waals surface area contributed by atoms with E-state index in [-0.39, 0.29) is 42.7 Å². The Balaban J connectivity index is 1.61. The van der Waals surface area contributed by atoms with Crippen molar-refractivity contribution in [1.29, 1.82) is 0 Å². The van der Waals surface area contributed by atoms with E-state index in [1.807, 2.05) is 0 Å². The van der Waals surface area contributed by atoms with E-state index in [9.17, 15) is 19.2 Å². The number of carbonyl (C=O) groups is 4. The molecule has 2 fully saturated rings. The van der Waals surface area contributed by atoms with Crippen molar-refractivity contribution in [2.45, 2.75) is 32.6 Å². The zero-order valence-corrected chi connectivity index (χ0v) is 14.8. The zero-order chi connectivity index (χ0) is 18.7. The number of amides is 3. The third-order valence-electron chi connectivity index (χ3n) is 4.73. The summed E-state index contributed by atoms with van der Waals surface area (Å²) in [5.41, 5.74) is 0.554. The molecule has 7 nitrogen and oxygen atoms in total. The molecule has 7 heteroatoms. The van der Waals surface area contributed by atoms with Gasteiger partial charge in [0.25, 0.3) is 5.91 Å². The maximum atomic E-state index is 12.2. The van der Waals surface area contributed by atoms with Crippen molar-refractivity contribution < 1.29 is 23.9 Å². The highest BCUT2D eigenvalue weighted by molar-refractivity contribution is 6.20. The van der Waals surface area contributed by atoms with Crippen LogP contribution in [0.2, 0.25) is 0 Å². The Hall–Kier alpha value is -2.70. The fraction of sp³-hybridized carbons (Fsp3) is 0.474. The molecule has 3 rings (SSSR count). The van der Waals surface area contributed by atoms with Gasteiger partial charge in [0.2, 0.25) is 11.8 Å². The predicted molar refractivity (Wildman–Crippen MR) is 93.4 cm³/mol. The van der Waals surface area contributed by atoms with Crippen molar-refractivity contribution in [1.82, 2.24) is 4.90 Å². The topological polar surface area (TPSA) is 84.0 Å². The van der Waals surface area contributed by atoms with E-state index in [4.69, 9.17) is 4.74 Å². The number of rotatable bonds is 4. The van der Waals surface area contributed by atoms with Gasteiger partial charge < -0.3 is 9.64 Å². The molecule has 26 heavy (non-hydrogen) atoms. The minimum Gasteiger partial charge on any atom is -0.452 e. The second-order valence-corrected chi connectivity index (χ2v) is 6.84. The van der Waals surface area contributed by atoms with Gasteiger partial charge in [-0.05, 0) is 37.0 Å². The molecule has 2 saturated heterocycles. The van der Waals surface area contributed by atoms with Gasteiger partial charge in [0.05, 0.1) is 11.3 Å². The molecule has 0 N–H and O–H groups in total. The van der Waals surface area contributed by atoms with E-state index in [0.29, 0.717) is 24.7 Å². The van der Waals surface area contributed by atoms with Crippen molar-refractivity contribution in [3.63, 3.8) is 0 Å². The van der Waals surface area contributed by atoms with E-state index in [1.54, 1.807) is 17.0 Å². The van der Waals surface area contributed by atoms with Crippen LogP contribution in [0.1, 0.15) is 43.0 Å². The van der Waals surface area contributed by atoms with Gasteiger partial charge in [-0.15, -0.1) is 0 Å². The summed E-state index contributed by atoms with van der Waals surface area (Å²) >= 11 is 0. The fourth-order valence-electron chi connectivity index (χ4n) is 3.35. The number of ether oxygens (including phenoxy) is 1. The van der Waals surface area contributed by atoms with Crippen LogP contribution in [-0.4, -0.2) is 48.3 Å². The molecule has 2 heterocycles. The lowest BCUT2D eigenvalue weighted by Crippen LogP contribution is -2.41. The second-order valence-electron chi connectivity index (χ2n) is 6.84. The van der Waals surface area contributed by atoms with Crippen molar-refractivity contribution in [3.05, 3.63) is 29.8 Å². The number of benzene rings is 1. The molecule has 0 spiro atoms. The minimum atomic E-state index is -0.649. The Morgan fingerprint density at radius 1 is 1.19 bits per heavy atom. The van der Waals surface area contributed by atoms with Crippen molar-refractivity contribution >= 4 is 29.4 Å². The van der Waals surface area contributed by atoms with Crippen LogP contribution in [0, 0.1) is 5.92 Å². The standard InChI is InChI=1S/C19H22N2O5/c1-13-4-3-9-20(11-13)18(24)12-26-19(25)14-5-2-6-15(10-14)21-16(22)7-8-17(21)23/h2,5-6,10,13H,3-4,7-9,11-12H2,1H3/t13-/m1/s1.